The number of halogens is 1. The Labute approximate surface area is 159 Å². The van der Waals surface area contributed by atoms with Gasteiger partial charge < -0.3 is 15.0 Å². The Morgan fingerprint density at radius 2 is 2.11 bits per heavy atom. The fourth-order valence-electron chi connectivity index (χ4n) is 2.77. The first-order chi connectivity index (χ1) is 13.0. The molecule has 2 aromatic heterocycles. The lowest BCUT2D eigenvalue weighted by atomic mass is 10.1. The van der Waals surface area contributed by atoms with Crippen molar-refractivity contribution in [3.63, 3.8) is 0 Å². The van der Waals surface area contributed by atoms with Crippen molar-refractivity contribution in [2.75, 3.05) is 5.32 Å². The van der Waals surface area contributed by atoms with Gasteiger partial charge in [-0.1, -0.05) is 11.6 Å². The molecule has 1 amide bonds. The van der Waals surface area contributed by atoms with Crippen LogP contribution in [0, 0.1) is 10.1 Å². The summed E-state index contributed by atoms with van der Waals surface area (Å²) in [7, 11) is 0. The summed E-state index contributed by atoms with van der Waals surface area (Å²) in [6.07, 6.45) is 5.50. The van der Waals surface area contributed by atoms with Crippen molar-refractivity contribution in [2.24, 2.45) is 0 Å². The van der Waals surface area contributed by atoms with Crippen molar-refractivity contribution in [1.82, 2.24) is 14.7 Å². The van der Waals surface area contributed by atoms with Crippen molar-refractivity contribution in [2.45, 2.75) is 25.4 Å². The van der Waals surface area contributed by atoms with Gasteiger partial charge in [-0.2, -0.15) is 0 Å². The minimum atomic E-state index is -0.479. The average Bonchev–Trinajstić information content (AvgIpc) is 3.36. The van der Waals surface area contributed by atoms with Gasteiger partial charge in [-0.25, -0.2) is 4.98 Å². The number of hydrogen-bond donors (Lipinski definition) is 2. The fraction of sp³-hybridized carbons (Fsp3) is 0.222. The maximum atomic E-state index is 12.4. The minimum absolute atomic E-state index is 0.100. The van der Waals surface area contributed by atoms with E-state index in [1.54, 1.807) is 41.1 Å². The molecular weight excluding hydrogens is 370 g/mol. The van der Waals surface area contributed by atoms with E-state index in [0.29, 0.717) is 16.4 Å². The second-order valence-electron chi connectivity index (χ2n) is 6.44. The third-order valence-corrected chi connectivity index (χ3v) is 4.51. The van der Waals surface area contributed by atoms with Crippen LogP contribution in [0.2, 0.25) is 5.02 Å². The van der Waals surface area contributed by atoms with E-state index in [2.05, 4.69) is 15.6 Å². The number of benzene rings is 1. The van der Waals surface area contributed by atoms with Crippen LogP contribution in [-0.4, -0.2) is 26.3 Å². The van der Waals surface area contributed by atoms with Gasteiger partial charge >= 0.3 is 0 Å². The molecule has 0 spiro atoms. The van der Waals surface area contributed by atoms with Crippen molar-refractivity contribution in [3.8, 4) is 0 Å². The van der Waals surface area contributed by atoms with Crippen molar-refractivity contribution >= 4 is 34.5 Å². The fourth-order valence-corrected chi connectivity index (χ4v) is 2.94. The second-order valence-corrected chi connectivity index (χ2v) is 6.87. The molecule has 0 aliphatic heterocycles. The van der Waals surface area contributed by atoms with Crippen LogP contribution in [-0.2, 0) is 6.54 Å². The smallest absolute Gasteiger partial charge is 0.293 e. The van der Waals surface area contributed by atoms with Gasteiger partial charge in [-0.05, 0) is 37.1 Å². The molecule has 0 bridgehead atoms. The van der Waals surface area contributed by atoms with Gasteiger partial charge in [-0.15, -0.1) is 0 Å². The van der Waals surface area contributed by atoms with Crippen LogP contribution < -0.4 is 10.6 Å². The number of amides is 1. The number of rotatable bonds is 6. The molecule has 8 nitrogen and oxygen atoms in total. The zero-order valence-corrected chi connectivity index (χ0v) is 14.9. The van der Waals surface area contributed by atoms with Gasteiger partial charge in [0.2, 0.25) is 0 Å². The summed E-state index contributed by atoms with van der Waals surface area (Å²) >= 11 is 5.95. The van der Waals surface area contributed by atoms with E-state index >= 15 is 0 Å². The number of nitrogens with one attached hydrogen (secondary N) is 2. The summed E-state index contributed by atoms with van der Waals surface area (Å²) in [5, 5.41) is 17.8. The van der Waals surface area contributed by atoms with E-state index in [1.165, 1.54) is 6.07 Å². The largest absolute Gasteiger partial charge is 0.377 e. The van der Waals surface area contributed by atoms with E-state index in [4.69, 9.17) is 11.6 Å². The van der Waals surface area contributed by atoms with Crippen molar-refractivity contribution in [3.05, 3.63) is 69.1 Å². The molecule has 3 aromatic rings. The molecule has 9 heteroatoms. The highest BCUT2D eigenvalue weighted by Gasteiger charge is 2.25. The number of hydrogen-bond acceptors (Lipinski definition) is 5. The Kier molecular flexibility index (Phi) is 4.41. The van der Waals surface area contributed by atoms with Gasteiger partial charge in [0.05, 0.1) is 22.2 Å². The molecule has 0 radical (unpaired) electrons. The predicted octanol–water partition coefficient (Wildman–Crippen LogP) is 3.40. The number of nitrogens with zero attached hydrogens (tertiary/aromatic N) is 3. The number of carbonyl (C=O) groups is 1. The highest BCUT2D eigenvalue weighted by molar-refractivity contribution is 6.30. The van der Waals surface area contributed by atoms with Crippen LogP contribution >= 0.6 is 11.6 Å². The van der Waals surface area contributed by atoms with Crippen LogP contribution in [0.3, 0.4) is 0 Å². The number of nitro groups is 1. The summed E-state index contributed by atoms with van der Waals surface area (Å²) < 4.78 is 1.77. The molecule has 1 aromatic carbocycles. The normalized spacial score (nSPS) is 13.5. The molecule has 0 unspecified atom stereocenters. The third kappa shape index (κ3) is 3.85. The topological polar surface area (TPSA) is 102 Å². The number of fused-ring (bicyclic) bond motifs is 1. The van der Waals surface area contributed by atoms with Gasteiger partial charge in [-0.3, -0.25) is 14.9 Å². The molecule has 27 heavy (non-hydrogen) atoms. The lowest BCUT2D eigenvalue weighted by Gasteiger charge is -2.08. The monoisotopic (exact) mass is 385 g/mol. The number of nitro benzene ring substituents is 1. The highest BCUT2D eigenvalue weighted by atomic mass is 35.5. The molecule has 1 fully saturated rings. The van der Waals surface area contributed by atoms with E-state index < -0.39 is 10.8 Å². The van der Waals surface area contributed by atoms with E-state index in [-0.39, 0.29) is 23.8 Å². The Morgan fingerprint density at radius 3 is 2.85 bits per heavy atom. The Balaban J connectivity index is 1.48. The first-order valence-corrected chi connectivity index (χ1v) is 8.84. The number of pyridine rings is 1. The molecule has 2 heterocycles. The van der Waals surface area contributed by atoms with Crippen LogP contribution in [0.4, 0.5) is 11.4 Å². The summed E-state index contributed by atoms with van der Waals surface area (Å²) in [6, 6.07) is 8.26. The SMILES string of the molecule is O=C(NCc1cn2cc(Cl)ccc2n1)c1ccc(NC2CC2)c([N+](=O)[O-])c1. The first kappa shape index (κ1) is 17.3. The third-order valence-electron chi connectivity index (χ3n) is 4.29. The number of carbonyl (C=O) groups excluding carboxylic acids is 1. The van der Waals surface area contributed by atoms with Crippen LogP contribution in [0.5, 0.6) is 0 Å². The van der Waals surface area contributed by atoms with Gasteiger partial charge in [0.25, 0.3) is 11.6 Å². The van der Waals surface area contributed by atoms with Gasteiger partial charge in [0.15, 0.2) is 0 Å². The van der Waals surface area contributed by atoms with Gasteiger partial charge in [0, 0.05) is 30.1 Å². The molecule has 4 rings (SSSR count). The molecule has 1 aliphatic rings. The zero-order valence-electron chi connectivity index (χ0n) is 14.2. The molecule has 1 aliphatic carbocycles. The lowest BCUT2D eigenvalue weighted by Crippen LogP contribution is -2.23. The zero-order chi connectivity index (χ0) is 19.0. The van der Waals surface area contributed by atoms with Crippen LogP contribution in [0.1, 0.15) is 28.9 Å². The van der Waals surface area contributed by atoms with Gasteiger partial charge in [0.1, 0.15) is 11.3 Å². The van der Waals surface area contributed by atoms with Crippen molar-refractivity contribution in [1.29, 1.82) is 0 Å². The number of anilines is 1. The summed E-state index contributed by atoms with van der Waals surface area (Å²) in [5.74, 6) is -0.397. The van der Waals surface area contributed by atoms with Crippen LogP contribution in [0.25, 0.3) is 5.65 Å². The second kappa shape index (κ2) is 6.88. The van der Waals surface area contributed by atoms with Crippen LogP contribution in [0.15, 0.2) is 42.7 Å². The standard InChI is InChI=1S/C18H16ClN5O3/c19-12-2-6-17-22-14(10-23(17)9-12)8-20-18(25)11-1-5-15(21-13-3-4-13)16(7-11)24(26)27/h1-2,5-7,9-10,13,21H,3-4,8H2,(H,20,25). The summed E-state index contributed by atoms with van der Waals surface area (Å²) in [4.78, 5) is 27.6. The Morgan fingerprint density at radius 1 is 1.30 bits per heavy atom. The summed E-state index contributed by atoms with van der Waals surface area (Å²) in [5.41, 5.74) is 1.95. The summed E-state index contributed by atoms with van der Waals surface area (Å²) in [6.45, 7) is 0.202. The maximum Gasteiger partial charge on any atom is 0.293 e. The number of aromatic nitrogens is 2. The molecular formula is C18H16ClN5O3. The maximum absolute atomic E-state index is 12.4. The molecule has 2 N–H and O–H groups in total. The Bertz CT molecular complexity index is 1040. The minimum Gasteiger partial charge on any atom is -0.377 e. The lowest BCUT2D eigenvalue weighted by molar-refractivity contribution is -0.384. The van der Waals surface area contributed by atoms with E-state index in [0.717, 1.165) is 18.5 Å². The molecule has 0 atom stereocenters. The van der Waals surface area contributed by atoms with Crippen molar-refractivity contribution < 1.29 is 9.72 Å². The quantitative estimate of drug-likeness (QED) is 0.500. The first-order valence-electron chi connectivity index (χ1n) is 8.46. The average molecular weight is 386 g/mol. The molecule has 138 valence electrons. The predicted molar refractivity (Wildman–Crippen MR) is 101 cm³/mol. The van der Waals surface area contributed by atoms with E-state index in [9.17, 15) is 14.9 Å². The Hall–Kier alpha value is -3.13. The molecule has 1 saturated carbocycles. The highest BCUT2D eigenvalue weighted by Crippen LogP contribution is 2.31. The number of imidazole rings is 1. The van der Waals surface area contributed by atoms with E-state index in [1.807, 2.05) is 0 Å². The molecule has 0 saturated heterocycles.